The first kappa shape index (κ1) is 13.1. The van der Waals surface area contributed by atoms with Crippen molar-refractivity contribution in [2.75, 3.05) is 25.0 Å². The molecule has 5 nitrogen and oxygen atoms in total. The zero-order valence-corrected chi connectivity index (χ0v) is 12.6. The van der Waals surface area contributed by atoms with Crippen molar-refractivity contribution in [1.82, 2.24) is 19.7 Å². The average Bonchev–Trinajstić information content (AvgIpc) is 2.84. The number of hydrogen-bond acceptors (Lipinski definition) is 4. The van der Waals surface area contributed by atoms with E-state index in [1.54, 1.807) is 0 Å². The lowest BCUT2D eigenvalue weighted by Crippen LogP contribution is -2.37. The van der Waals surface area contributed by atoms with Crippen molar-refractivity contribution < 1.29 is 0 Å². The highest BCUT2D eigenvalue weighted by atomic mass is 32.1. The SMILES string of the molecule is CCCn1c(N2CCC3CCC(C2)N3C)n[nH]c1=S. The van der Waals surface area contributed by atoms with E-state index in [1.807, 2.05) is 0 Å². The predicted octanol–water partition coefficient (Wildman–Crippen LogP) is 2.02. The van der Waals surface area contributed by atoms with Crippen LogP contribution < -0.4 is 4.90 Å². The van der Waals surface area contributed by atoms with Gasteiger partial charge < -0.3 is 4.90 Å². The molecular weight excluding hydrogens is 258 g/mol. The minimum absolute atomic E-state index is 0.674. The van der Waals surface area contributed by atoms with Gasteiger partial charge in [0.05, 0.1) is 0 Å². The van der Waals surface area contributed by atoms with E-state index in [-0.39, 0.29) is 0 Å². The lowest BCUT2D eigenvalue weighted by Gasteiger charge is -2.26. The van der Waals surface area contributed by atoms with Crippen LogP contribution in [0.2, 0.25) is 0 Å². The van der Waals surface area contributed by atoms with Gasteiger partial charge in [0, 0.05) is 31.7 Å². The predicted molar refractivity (Wildman–Crippen MR) is 79.1 cm³/mol. The maximum absolute atomic E-state index is 5.34. The van der Waals surface area contributed by atoms with Crippen molar-refractivity contribution in [2.45, 2.75) is 51.2 Å². The molecule has 0 amide bonds. The van der Waals surface area contributed by atoms with Crippen LogP contribution in [-0.2, 0) is 6.54 Å². The van der Waals surface area contributed by atoms with Crippen LogP contribution in [-0.4, -0.2) is 51.9 Å². The number of aromatic amines is 1. The molecular formula is C13H23N5S. The Morgan fingerprint density at radius 3 is 2.89 bits per heavy atom. The van der Waals surface area contributed by atoms with Crippen LogP contribution in [0.15, 0.2) is 0 Å². The zero-order valence-electron chi connectivity index (χ0n) is 11.8. The molecule has 1 aromatic heterocycles. The van der Waals surface area contributed by atoms with Crippen molar-refractivity contribution in [3.63, 3.8) is 0 Å². The van der Waals surface area contributed by atoms with Crippen molar-refractivity contribution in [3.8, 4) is 0 Å². The Bertz CT molecular complexity index is 493. The fourth-order valence-corrected chi connectivity index (χ4v) is 3.68. The number of aromatic nitrogens is 3. The molecule has 2 saturated heterocycles. The highest BCUT2D eigenvalue weighted by molar-refractivity contribution is 7.71. The molecule has 1 N–H and O–H groups in total. The topological polar surface area (TPSA) is 40.1 Å². The summed E-state index contributed by atoms with van der Waals surface area (Å²) >= 11 is 5.34. The van der Waals surface area contributed by atoms with Gasteiger partial charge in [-0.3, -0.25) is 9.47 Å². The van der Waals surface area contributed by atoms with E-state index in [1.165, 1.54) is 19.3 Å². The number of anilines is 1. The highest BCUT2D eigenvalue weighted by Gasteiger charge is 2.35. The van der Waals surface area contributed by atoms with E-state index in [9.17, 15) is 0 Å². The van der Waals surface area contributed by atoms with Gasteiger partial charge in [-0.15, -0.1) is 5.10 Å². The normalized spacial score (nSPS) is 27.8. The summed E-state index contributed by atoms with van der Waals surface area (Å²) in [5, 5.41) is 7.42. The fourth-order valence-electron chi connectivity index (χ4n) is 3.47. The van der Waals surface area contributed by atoms with Crippen LogP contribution in [0.3, 0.4) is 0 Å². The van der Waals surface area contributed by atoms with Gasteiger partial charge in [0.2, 0.25) is 5.95 Å². The summed E-state index contributed by atoms with van der Waals surface area (Å²) in [6.45, 7) is 5.30. The molecule has 3 heterocycles. The van der Waals surface area contributed by atoms with Gasteiger partial charge in [0.15, 0.2) is 4.77 Å². The summed E-state index contributed by atoms with van der Waals surface area (Å²) in [6, 6.07) is 1.43. The molecule has 1 aromatic rings. The van der Waals surface area contributed by atoms with Gasteiger partial charge in [-0.05, 0) is 44.9 Å². The number of hydrogen-bond donors (Lipinski definition) is 1. The molecule has 2 unspecified atom stereocenters. The van der Waals surface area contributed by atoms with Crippen LogP contribution in [0, 0.1) is 4.77 Å². The van der Waals surface area contributed by atoms with Crippen LogP contribution in [0.25, 0.3) is 0 Å². The summed E-state index contributed by atoms with van der Waals surface area (Å²) in [4.78, 5) is 4.98. The molecule has 2 fully saturated rings. The van der Waals surface area contributed by atoms with Crippen molar-refractivity contribution in [2.24, 2.45) is 0 Å². The molecule has 0 saturated carbocycles. The molecule has 6 heteroatoms. The Kier molecular flexibility index (Phi) is 3.62. The fraction of sp³-hybridized carbons (Fsp3) is 0.846. The molecule has 2 atom stereocenters. The Hall–Kier alpha value is -0.880. The average molecular weight is 281 g/mol. The largest absolute Gasteiger partial charge is 0.339 e. The number of likely N-dealkylation sites (N-methyl/N-ethyl adjacent to an activating group) is 1. The van der Waals surface area contributed by atoms with Gasteiger partial charge in [-0.2, -0.15) is 0 Å². The first-order valence-corrected chi connectivity index (χ1v) is 7.73. The summed E-state index contributed by atoms with van der Waals surface area (Å²) in [5.74, 6) is 1.04. The van der Waals surface area contributed by atoms with E-state index in [0.29, 0.717) is 6.04 Å². The summed E-state index contributed by atoms with van der Waals surface area (Å²) in [6.07, 6.45) is 4.99. The quantitative estimate of drug-likeness (QED) is 0.861. The van der Waals surface area contributed by atoms with Crippen molar-refractivity contribution in [3.05, 3.63) is 4.77 Å². The van der Waals surface area contributed by atoms with Crippen LogP contribution >= 0.6 is 12.2 Å². The van der Waals surface area contributed by atoms with E-state index in [2.05, 4.69) is 38.5 Å². The summed E-state index contributed by atoms with van der Waals surface area (Å²) < 4.78 is 2.90. The second kappa shape index (κ2) is 5.25. The molecule has 106 valence electrons. The lowest BCUT2D eigenvalue weighted by molar-refractivity contribution is 0.254. The third-order valence-corrected chi connectivity index (χ3v) is 4.93. The van der Waals surface area contributed by atoms with Gasteiger partial charge >= 0.3 is 0 Å². The van der Waals surface area contributed by atoms with E-state index >= 15 is 0 Å². The number of H-pyrrole nitrogens is 1. The molecule has 0 spiro atoms. The molecule has 2 aliphatic heterocycles. The Labute approximate surface area is 119 Å². The first-order chi connectivity index (χ1) is 9.20. The third kappa shape index (κ3) is 2.31. The highest BCUT2D eigenvalue weighted by Crippen LogP contribution is 2.30. The summed E-state index contributed by atoms with van der Waals surface area (Å²) in [5.41, 5.74) is 0. The Balaban J connectivity index is 1.85. The molecule has 3 rings (SSSR count). The second-order valence-electron chi connectivity index (χ2n) is 5.77. The maximum Gasteiger partial charge on any atom is 0.225 e. The van der Waals surface area contributed by atoms with Gasteiger partial charge in [-0.1, -0.05) is 6.92 Å². The summed E-state index contributed by atoms with van der Waals surface area (Å²) in [7, 11) is 2.27. The van der Waals surface area contributed by atoms with Gasteiger partial charge in [-0.25, -0.2) is 5.10 Å². The minimum atomic E-state index is 0.674. The van der Waals surface area contributed by atoms with E-state index in [0.717, 1.165) is 42.8 Å². The first-order valence-electron chi connectivity index (χ1n) is 7.32. The smallest absolute Gasteiger partial charge is 0.225 e. The van der Waals surface area contributed by atoms with Crippen LogP contribution in [0.4, 0.5) is 5.95 Å². The molecule has 2 aliphatic rings. The van der Waals surface area contributed by atoms with E-state index < -0.39 is 0 Å². The number of fused-ring (bicyclic) bond motifs is 2. The lowest BCUT2D eigenvalue weighted by atomic mass is 10.1. The Morgan fingerprint density at radius 2 is 2.11 bits per heavy atom. The molecule has 2 bridgehead atoms. The third-order valence-electron chi connectivity index (χ3n) is 4.62. The monoisotopic (exact) mass is 281 g/mol. The molecule has 0 radical (unpaired) electrons. The van der Waals surface area contributed by atoms with Crippen molar-refractivity contribution in [1.29, 1.82) is 0 Å². The number of rotatable bonds is 3. The minimum Gasteiger partial charge on any atom is -0.339 e. The maximum atomic E-state index is 5.34. The Morgan fingerprint density at radius 1 is 1.32 bits per heavy atom. The van der Waals surface area contributed by atoms with Crippen molar-refractivity contribution >= 4 is 18.2 Å². The molecule has 0 aliphatic carbocycles. The standard InChI is InChI=1S/C13H23N5S/c1-3-7-18-12(14-15-13(18)19)17-8-6-10-4-5-11(9-17)16(10)2/h10-11H,3-9H2,1-2H3,(H,15,19). The zero-order chi connectivity index (χ0) is 13.4. The molecule has 0 aromatic carbocycles. The van der Waals surface area contributed by atoms with Gasteiger partial charge in [0.1, 0.15) is 0 Å². The van der Waals surface area contributed by atoms with Gasteiger partial charge in [0.25, 0.3) is 0 Å². The van der Waals surface area contributed by atoms with E-state index in [4.69, 9.17) is 12.2 Å². The van der Waals surface area contributed by atoms with Crippen LogP contribution in [0.5, 0.6) is 0 Å². The van der Waals surface area contributed by atoms with Crippen LogP contribution in [0.1, 0.15) is 32.6 Å². The second-order valence-corrected chi connectivity index (χ2v) is 6.15. The molecule has 19 heavy (non-hydrogen) atoms. The number of nitrogens with one attached hydrogen (secondary N) is 1. The number of nitrogens with zero attached hydrogens (tertiary/aromatic N) is 4.